The molecule has 0 amide bonds. The molecule has 4 rings (SSSR count). The quantitative estimate of drug-likeness (QED) is 0.292. The third-order valence-corrected chi connectivity index (χ3v) is 11.6. The van der Waals surface area contributed by atoms with E-state index >= 15 is 0 Å². The fourth-order valence-corrected chi connectivity index (χ4v) is 9.73. The van der Waals surface area contributed by atoms with Crippen LogP contribution in [0.1, 0.15) is 98.8 Å². The number of aliphatic carboxylic acids is 1. The first-order valence-corrected chi connectivity index (χ1v) is 15.2. The van der Waals surface area contributed by atoms with Crippen LogP contribution in [0.5, 0.6) is 0 Å². The first-order valence-electron chi connectivity index (χ1n) is 13.8. The molecule has 6 nitrogen and oxygen atoms in total. The van der Waals surface area contributed by atoms with Gasteiger partial charge in [0.1, 0.15) is 0 Å². The van der Waals surface area contributed by atoms with E-state index in [1.165, 1.54) is 31.3 Å². The minimum atomic E-state index is -4.42. The minimum Gasteiger partial charge on any atom is -0.550 e. The van der Waals surface area contributed by atoms with Crippen molar-refractivity contribution in [3.63, 3.8) is 0 Å². The number of fused-ring (bicyclic) bond motifs is 5. The Morgan fingerprint density at radius 2 is 1.81 bits per heavy atom. The molecule has 0 saturated heterocycles. The van der Waals surface area contributed by atoms with Gasteiger partial charge >= 0.3 is 40.0 Å². The molecule has 1 N–H and O–H groups in total. The van der Waals surface area contributed by atoms with Crippen molar-refractivity contribution in [3.05, 3.63) is 11.6 Å². The average molecular weight is 533 g/mol. The first kappa shape index (κ1) is 30.6. The van der Waals surface area contributed by atoms with Crippen molar-refractivity contribution in [1.82, 2.24) is 0 Å². The Morgan fingerprint density at radius 3 is 2.42 bits per heavy atom. The van der Waals surface area contributed by atoms with Crippen molar-refractivity contribution in [1.29, 1.82) is 0 Å². The fraction of sp³-hybridized carbons (Fsp3) is 0.893. The summed E-state index contributed by atoms with van der Waals surface area (Å²) in [5, 5.41) is 11.6. The zero-order chi connectivity index (χ0) is 25.8. The monoisotopic (exact) mass is 532 g/mol. The van der Waals surface area contributed by atoms with Gasteiger partial charge < -0.3 is 9.90 Å². The molecule has 0 aromatic rings. The zero-order valence-corrected chi connectivity index (χ0v) is 26.0. The number of rotatable bonds is 8. The van der Waals surface area contributed by atoms with E-state index in [0.717, 1.165) is 19.3 Å². The van der Waals surface area contributed by atoms with Crippen molar-refractivity contribution in [3.8, 4) is 0 Å². The van der Waals surface area contributed by atoms with Crippen molar-refractivity contribution in [2.75, 3.05) is 0 Å². The normalized spacial score (nSPS) is 39.8. The van der Waals surface area contributed by atoms with Gasteiger partial charge in [-0.1, -0.05) is 46.3 Å². The maximum absolute atomic E-state index is 11.6. The van der Waals surface area contributed by atoms with E-state index in [2.05, 4.69) is 26.8 Å². The van der Waals surface area contributed by atoms with Gasteiger partial charge in [-0.05, 0) is 111 Å². The van der Waals surface area contributed by atoms with Gasteiger partial charge in [0, 0.05) is 11.9 Å². The molecule has 0 aromatic carbocycles. The topological polar surface area (TPSA) is 104 Å². The summed E-state index contributed by atoms with van der Waals surface area (Å²) in [7, 11) is -4.42. The van der Waals surface area contributed by atoms with Gasteiger partial charge in [0.2, 0.25) is 0 Å². The summed E-state index contributed by atoms with van der Waals surface area (Å²) in [4.78, 5) is 11.6. The molecule has 0 bridgehead atoms. The van der Waals surface area contributed by atoms with E-state index in [1.807, 2.05) is 13.8 Å². The average Bonchev–Trinajstić information content (AvgIpc) is 3.09. The molecular weight excluding hydrogens is 487 g/mol. The molecule has 4 aliphatic rings. The molecule has 8 heteroatoms. The molecule has 0 spiro atoms. The standard InChI is InChI=1S/C28H46O6S.Na/c1-17(2)21(26(29)30)8-6-18(3)23-10-11-24-22-9-7-19-16-20(34-35(31,32)33)12-14-27(19,4)25(22)13-15-28(23,24)5;/h7,17-18,20-25H,6,8-16H2,1-5H3,(H,29,30)(H,31,32,33);/q;+1/p-1/t18-,20+,21?,22+,23-,24+,25+,27+,28-;/m1./s1. The van der Waals surface area contributed by atoms with E-state index in [0.29, 0.717) is 54.3 Å². The first-order chi connectivity index (χ1) is 16.3. The summed E-state index contributed by atoms with van der Waals surface area (Å²) >= 11 is 0. The van der Waals surface area contributed by atoms with Crippen molar-refractivity contribution in [2.24, 2.45) is 52.3 Å². The molecule has 36 heavy (non-hydrogen) atoms. The Morgan fingerprint density at radius 1 is 1.11 bits per heavy atom. The number of hydrogen-bond donors (Lipinski definition) is 1. The number of carboxylic acids is 1. The van der Waals surface area contributed by atoms with E-state index in [-0.39, 0.29) is 46.8 Å². The molecule has 0 aromatic heterocycles. The van der Waals surface area contributed by atoms with Gasteiger partial charge in [0.25, 0.3) is 0 Å². The number of allylic oxidation sites excluding steroid dienone is 1. The molecule has 200 valence electrons. The Labute approximate surface area is 240 Å². The van der Waals surface area contributed by atoms with Crippen LogP contribution in [0.4, 0.5) is 0 Å². The molecule has 3 saturated carbocycles. The minimum absolute atomic E-state index is 0. The number of carbonyl (C=O) groups is 1. The smallest absolute Gasteiger partial charge is 0.550 e. The third-order valence-electron chi connectivity index (χ3n) is 11.1. The second-order valence-electron chi connectivity index (χ2n) is 13.1. The van der Waals surface area contributed by atoms with Gasteiger partial charge in [-0.25, -0.2) is 4.18 Å². The Balaban J connectivity index is 0.00000361. The maximum Gasteiger partial charge on any atom is 1.00 e. The zero-order valence-electron chi connectivity index (χ0n) is 23.2. The van der Waals surface area contributed by atoms with Gasteiger partial charge in [0.15, 0.2) is 0 Å². The summed E-state index contributed by atoms with van der Waals surface area (Å²) in [6, 6.07) is 0. The summed E-state index contributed by atoms with van der Waals surface area (Å²) in [6.45, 7) is 11.2. The van der Waals surface area contributed by atoms with E-state index in [1.54, 1.807) is 0 Å². The van der Waals surface area contributed by atoms with E-state index < -0.39 is 22.5 Å². The van der Waals surface area contributed by atoms with E-state index in [9.17, 15) is 18.3 Å². The molecule has 4 aliphatic carbocycles. The van der Waals surface area contributed by atoms with E-state index in [4.69, 9.17) is 8.74 Å². The summed E-state index contributed by atoms with van der Waals surface area (Å²) in [5.41, 5.74) is 1.72. The summed E-state index contributed by atoms with van der Waals surface area (Å²) in [5.74, 6) is 1.96. The van der Waals surface area contributed by atoms with Gasteiger partial charge in [-0.15, -0.1) is 0 Å². The van der Waals surface area contributed by atoms with Gasteiger partial charge in [0.05, 0.1) is 6.10 Å². The molecule has 1 unspecified atom stereocenters. The third kappa shape index (κ3) is 5.82. The Hall–Kier alpha value is 0.0800. The summed E-state index contributed by atoms with van der Waals surface area (Å²) < 4.78 is 36.6. The molecule has 0 aliphatic heterocycles. The number of hydrogen-bond acceptors (Lipinski definition) is 5. The van der Waals surface area contributed by atoms with Crippen LogP contribution in [-0.4, -0.2) is 25.0 Å². The Kier molecular flexibility index (Phi) is 9.60. The second-order valence-corrected chi connectivity index (χ2v) is 14.1. The number of carboxylic acid groups (broad SMARTS) is 1. The Bertz CT molecular complexity index is 948. The molecule has 3 fully saturated rings. The predicted molar refractivity (Wildman–Crippen MR) is 133 cm³/mol. The van der Waals surface area contributed by atoms with Crippen molar-refractivity contribution >= 4 is 16.4 Å². The van der Waals surface area contributed by atoms with Crippen LogP contribution in [0.3, 0.4) is 0 Å². The van der Waals surface area contributed by atoms with Crippen molar-refractivity contribution in [2.45, 2.75) is 105 Å². The predicted octanol–water partition coefficient (Wildman–Crippen LogP) is 2.20. The second kappa shape index (κ2) is 11.3. The number of carbonyl (C=O) groups excluding carboxylic acids is 1. The van der Waals surface area contributed by atoms with Crippen LogP contribution in [-0.2, 0) is 19.4 Å². The summed E-state index contributed by atoms with van der Waals surface area (Å²) in [6.07, 6.45) is 11.7. The maximum atomic E-state index is 11.6. The molecule has 0 heterocycles. The van der Waals surface area contributed by atoms with Gasteiger partial charge in [-0.2, -0.15) is 8.42 Å². The van der Waals surface area contributed by atoms with Crippen LogP contribution >= 0.6 is 0 Å². The van der Waals surface area contributed by atoms with Crippen LogP contribution in [0.25, 0.3) is 0 Å². The molecule has 9 atom stereocenters. The SMILES string of the molecule is CC(C)C(CC[C@@H](C)[C@H]1CC[C@H]2[C@@H]3CC=C4C[C@@H](OS(=O)(=O)O)CC[C@]4(C)[C@H]3CC[C@]12C)C(=O)[O-].[Na+]. The van der Waals surface area contributed by atoms with Crippen LogP contribution in [0, 0.1) is 52.3 Å². The van der Waals surface area contributed by atoms with Crippen LogP contribution in [0.2, 0.25) is 0 Å². The van der Waals surface area contributed by atoms with Crippen LogP contribution in [0.15, 0.2) is 11.6 Å². The largest absolute Gasteiger partial charge is 1.00 e. The fourth-order valence-electron chi connectivity index (χ4n) is 9.22. The van der Waals surface area contributed by atoms with Gasteiger partial charge in [-0.3, -0.25) is 4.55 Å². The van der Waals surface area contributed by atoms with Crippen LogP contribution < -0.4 is 34.7 Å². The molecule has 0 radical (unpaired) electrons. The molecular formula is C28H45NaO6S. The van der Waals surface area contributed by atoms with Crippen molar-refractivity contribution < 1.29 is 56.6 Å².